The predicted octanol–water partition coefficient (Wildman–Crippen LogP) is 8.62. The Hall–Kier alpha value is -3.09. The Morgan fingerprint density at radius 3 is 2.51 bits per heavy atom. The van der Waals surface area contributed by atoms with E-state index in [4.69, 9.17) is 16.3 Å². The molecule has 3 aromatic carbocycles. The fourth-order valence-corrected chi connectivity index (χ4v) is 4.28. The van der Waals surface area contributed by atoms with Crippen LogP contribution < -0.4 is 4.74 Å². The van der Waals surface area contributed by atoms with Crippen molar-refractivity contribution in [2.75, 3.05) is 0 Å². The van der Waals surface area contributed by atoms with E-state index in [1.54, 1.807) is 24.3 Å². The number of rotatable bonds is 6. The van der Waals surface area contributed by atoms with E-state index in [0.717, 1.165) is 32.7 Å². The summed E-state index contributed by atoms with van der Waals surface area (Å²) in [5.74, 6) is -0.860. The molecule has 0 saturated carbocycles. The van der Waals surface area contributed by atoms with Gasteiger partial charge in [0.15, 0.2) is 0 Å². The van der Waals surface area contributed by atoms with Crippen molar-refractivity contribution < 1.29 is 19.0 Å². The molecule has 0 amide bonds. The van der Waals surface area contributed by atoms with Crippen LogP contribution in [0.5, 0.6) is 5.75 Å². The van der Waals surface area contributed by atoms with Crippen LogP contribution in [0, 0.1) is 19.7 Å². The fraction of sp³-hybridized carbons (Fsp3) is 0.179. The first-order valence-electron chi connectivity index (χ1n) is 11.1. The van der Waals surface area contributed by atoms with Crippen LogP contribution in [0.2, 0.25) is 5.02 Å². The Labute approximate surface area is 218 Å². The lowest BCUT2D eigenvalue weighted by molar-refractivity contribution is 0.0697. The highest BCUT2D eigenvalue weighted by Crippen LogP contribution is 2.36. The smallest absolute Gasteiger partial charge is 0.335 e. The van der Waals surface area contributed by atoms with Crippen LogP contribution in [-0.2, 0) is 6.61 Å². The molecule has 0 aliphatic rings. The predicted molar refractivity (Wildman–Crippen MR) is 142 cm³/mol. The molecule has 182 valence electrons. The fourth-order valence-electron chi connectivity index (χ4n) is 3.70. The van der Waals surface area contributed by atoms with Gasteiger partial charge in [-0.05, 0) is 85.6 Å². The molecular formula is C28H26BrClFNO3. The summed E-state index contributed by atoms with van der Waals surface area (Å²) in [6.45, 7) is 7.98. The summed E-state index contributed by atoms with van der Waals surface area (Å²) in [7, 11) is 0. The molecule has 1 aromatic heterocycles. The summed E-state index contributed by atoms with van der Waals surface area (Å²) in [5.41, 5.74) is 5.06. The molecule has 4 nitrogen and oxygen atoms in total. The third-order valence-electron chi connectivity index (χ3n) is 5.41. The largest absolute Gasteiger partial charge is 0.488 e. The van der Waals surface area contributed by atoms with Crippen LogP contribution in [0.15, 0.2) is 71.2 Å². The lowest BCUT2D eigenvalue weighted by atomic mass is 10.1. The van der Waals surface area contributed by atoms with Gasteiger partial charge in [-0.3, -0.25) is 0 Å². The van der Waals surface area contributed by atoms with Gasteiger partial charge in [-0.1, -0.05) is 47.4 Å². The van der Waals surface area contributed by atoms with E-state index in [2.05, 4.69) is 15.9 Å². The van der Waals surface area contributed by atoms with Gasteiger partial charge in [0.05, 0.1) is 16.3 Å². The van der Waals surface area contributed by atoms with Crippen molar-refractivity contribution in [2.24, 2.45) is 0 Å². The van der Waals surface area contributed by atoms with Gasteiger partial charge in [0.25, 0.3) is 0 Å². The van der Waals surface area contributed by atoms with E-state index < -0.39 is 11.8 Å². The number of nitrogens with zero attached hydrogens (tertiary/aromatic N) is 1. The number of carboxylic acid groups (broad SMARTS) is 1. The SMILES string of the molecule is CC.Cc1cc(Cl)c(F)cc1COc1ccc(Br)cc1-c1ccc(C)n1-c1cccc(C(=O)O)c1. The number of hydrogen-bond acceptors (Lipinski definition) is 2. The average Bonchev–Trinajstić information content (AvgIpc) is 3.23. The number of ether oxygens (including phenoxy) is 1. The summed E-state index contributed by atoms with van der Waals surface area (Å²) >= 11 is 9.40. The van der Waals surface area contributed by atoms with Gasteiger partial charge in [0.1, 0.15) is 18.2 Å². The zero-order valence-corrected chi connectivity index (χ0v) is 22.2. The lowest BCUT2D eigenvalue weighted by Crippen LogP contribution is -2.04. The Kier molecular flexibility index (Phi) is 8.76. The molecular weight excluding hydrogens is 533 g/mol. The summed E-state index contributed by atoms with van der Waals surface area (Å²) in [6.07, 6.45) is 0. The summed E-state index contributed by atoms with van der Waals surface area (Å²) in [4.78, 5) is 11.5. The normalized spacial score (nSPS) is 10.5. The number of aryl methyl sites for hydroxylation is 2. The van der Waals surface area contributed by atoms with Crippen LogP contribution in [0.25, 0.3) is 16.9 Å². The molecule has 0 saturated heterocycles. The number of benzene rings is 3. The van der Waals surface area contributed by atoms with Crippen LogP contribution in [-0.4, -0.2) is 15.6 Å². The molecule has 0 fully saturated rings. The summed E-state index contributed by atoms with van der Waals surface area (Å²) in [5, 5.41) is 9.49. The van der Waals surface area contributed by atoms with Gasteiger partial charge in [-0.25, -0.2) is 9.18 Å². The van der Waals surface area contributed by atoms with Crippen molar-refractivity contribution >= 4 is 33.5 Å². The Morgan fingerprint density at radius 1 is 1.06 bits per heavy atom. The topological polar surface area (TPSA) is 51.5 Å². The van der Waals surface area contributed by atoms with Gasteiger partial charge in [0, 0.05) is 21.4 Å². The average molecular weight is 559 g/mol. The third kappa shape index (κ3) is 5.95. The van der Waals surface area contributed by atoms with Crippen LogP contribution >= 0.6 is 27.5 Å². The van der Waals surface area contributed by atoms with Gasteiger partial charge in [-0.2, -0.15) is 0 Å². The highest BCUT2D eigenvalue weighted by Gasteiger charge is 2.16. The quantitative estimate of drug-likeness (QED) is 0.258. The molecule has 0 spiro atoms. The molecule has 1 heterocycles. The minimum atomic E-state index is -0.986. The molecule has 0 unspecified atom stereocenters. The van der Waals surface area contributed by atoms with E-state index in [9.17, 15) is 14.3 Å². The van der Waals surface area contributed by atoms with Gasteiger partial charge < -0.3 is 14.4 Å². The number of carbonyl (C=O) groups is 1. The number of hydrogen-bond donors (Lipinski definition) is 1. The second-order valence-electron chi connectivity index (χ2n) is 7.67. The summed E-state index contributed by atoms with van der Waals surface area (Å²) in [6, 6.07) is 19.3. The maximum Gasteiger partial charge on any atom is 0.335 e. The first-order chi connectivity index (χ1) is 16.7. The zero-order chi connectivity index (χ0) is 25.7. The third-order valence-corrected chi connectivity index (χ3v) is 6.19. The summed E-state index contributed by atoms with van der Waals surface area (Å²) < 4.78 is 23.0. The Balaban J connectivity index is 0.00000167. The molecule has 4 rings (SSSR count). The highest BCUT2D eigenvalue weighted by atomic mass is 79.9. The van der Waals surface area contributed by atoms with Crippen LogP contribution in [0.3, 0.4) is 0 Å². The number of carboxylic acids is 1. The van der Waals surface area contributed by atoms with Gasteiger partial charge in [-0.15, -0.1) is 0 Å². The van der Waals surface area contributed by atoms with Gasteiger partial charge in [0.2, 0.25) is 0 Å². The van der Waals surface area contributed by atoms with Crippen molar-refractivity contribution in [1.29, 1.82) is 0 Å². The molecule has 0 aliphatic heterocycles. The molecule has 0 bridgehead atoms. The van der Waals surface area contributed by atoms with Crippen molar-refractivity contribution in [3.05, 3.63) is 104 Å². The molecule has 0 aliphatic carbocycles. The molecule has 7 heteroatoms. The van der Waals surface area contributed by atoms with E-state index in [0.29, 0.717) is 11.3 Å². The minimum Gasteiger partial charge on any atom is -0.488 e. The molecule has 0 atom stereocenters. The van der Waals surface area contributed by atoms with E-state index >= 15 is 0 Å². The zero-order valence-electron chi connectivity index (χ0n) is 19.9. The van der Waals surface area contributed by atoms with Gasteiger partial charge >= 0.3 is 5.97 Å². The second-order valence-corrected chi connectivity index (χ2v) is 9.00. The number of aromatic nitrogens is 1. The lowest BCUT2D eigenvalue weighted by Gasteiger charge is -2.17. The van der Waals surface area contributed by atoms with E-state index in [-0.39, 0.29) is 17.2 Å². The van der Waals surface area contributed by atoms with Crippen molar-refractivity contribution in [3.63, 3.8) is 0 Å². The maximum atomic E-state index is 14.0. The Bertz CT molecular complexity index is 1370. The first-order valence-corrected chi connectivity index (χ1v) is 12.3. The van der Waals surface area contributed by atoms with Crippen molar-refractivity contribution in [2.45, 2.75) is 34.3 Å². The molecule has 0 radical (unpaired) electrons. The van der Waals surface area contributed by atoms with Crippen molar-refractivity contribution in [1.82, 2.24) is 4.57 Å². The first kappa shape index (κ1) is 26.5. The molecule has 35 heavy (non-hydrogen) atoms. The molecule has 4 aromatic rings. The number of aromatic carboxylic acids is 1. The van der Waals surface area contributed by atoms with Crippen LogP contribution in [0.4, 0.5) is 4.39 Å². The highest BCUT2D eigenvalue weighted by molar-refractivity contribution is 9.10. The number of halogens is 3. The second kappa shape index (κ2) is 11.6. The minimum absolute atomic E-state index is 0.0810. The maximum absolute atomic E-state index is 14.0. The van der Waals surface area contributed by atoms with Crippen molar-refractivity contribution in [3.8, 4) is 22.7 Å². The monoisotopic (exact) mass is 557 g/mol. The molecule has 1 N–H and O–H groups in total. The van der Waals surface area contributed by atoms with E-state index in [1.807, 2.05) is 68.7 Å². The van der Waals surface area contributed by atoms with Crippen LogP contribution in [0.1, 0.15) is 41.0 Å². The standard InChI is InChI=1S/C26H20BrClFNO3.C2H6/c1-15-10-22(28)23(29)12-18(15)14-33-25-9-7-19(27)13-21(25)24-8-6-16(2)30(24)20-5-3-4-17(11-20)26(31)32;1-2/h3-13H,14H2,1-2H3,(H,31,32);1-2H3. The Morgan fingerprint density at radius 2 is 1.80 bits per heavy atom. The van der Waals surface area contributed by atoms with E-state index in [1.165, 1.54) is 6.07 Å².